The number of anilines is 1. The van der Waals surface area contributed by atoms with Crippen molar-refractivity contribution in [2.45, 2.75) is 12.8 Å². The van der Waals surface area contributed by atoms with Gasteiger partial charge in [-0.2, -0.15) is 0 Å². The minimum Gasteiger partial charge on any atom is -0.496 e. The molecule has 5 heteroatoms. The predicted molar refractivity (Wildman–Crippen MR) is 72.9 cm³/mol. The number of hydrogen-bond donors (Lipinski definition) is 1. The van der Waals surface area contributed by atoms with Gasteiger partial charge in [0.1, 0.15) is 12.4 Å². The monoisotopic (exact) mass is 313 g/mol. The first-order valence-corrected chi connectivity index (χ1v) is 6.69. The number of hydrogen-bond acceptors (Lipinski definition) is 3. The molecule has 1 N–H and O–H groups in total. The summed E-state index contributed by atoms with van der Waals surface area (Å²) in [6.07, 6.45) is 2.46. The highest BCUT2D eigenvalue weighted by Gasteiger charge is 2.21. The Bertz CT molecular complexity index is 432. The topological polar surface area (TPSA) is 47.6 Å². The first kappa shape index (κ1) is 13.4. The van der Waals surface area contributed by atoms with E-state index in [4.69, 9.17) is 9.47 Å². The summed E-state index contributed by atoms with van der Waals surface area (Å²) in [7, 11) is 1.60. The fourth-order valence-corrected chi connectivity index (χ4v) is 2.08. The molecule has 18 heavy (non-hydrogen) atoms. The Kier molecular flexibility index (Phi) is 4.60. The smallest absolute Gasteiger partial charge is 0.250 e. The average Bonchev–Trinajstić information content (AvgIpc) is 3.13. The molecule has 0 bridgehead atoms. The van der Waals surface area contributed by atoms with Gasteiger partial charge >= 0.3 is 0 Å². The van der Waals surface area contributed by atoms with E-state index in [1.165, 1.54) is 12.8 Å². The molecule has 2 rings (SSSR count). The molecule has 1 aromatic carbocycles. The van der Waals surface area contributed by atoms with Crippen molar-refractivity contribution in [1.82, 2.24) is 0 Å². The van der Waals surface area contributed by atoms with Gasteiger partial charge in [0.25, 0.3) is 0 Å². The van der Waals surface area contributed by atoms with Gasteiger partial charge in [0, 0.05) is 5.69 Å². The summed E-state index contributed by atoms with van der Waals surface area (Å²) in [6.45, 7) is 0.805. The van der Waals surface area contributed by atoms with E-state index in [9.17, 15) is 4.79 Å². The van der Waals surface area contributed by atoms with Crippen LogP contribution in [0.25, 0.3) is 0 Å². The van der Waals surface area contributed by atoms with E-state index in [0.717, 1.165) is 15.9 Å². The van der Waals surface area contributed by atoms with Gasteiger partial charge in [-0.3, -0.25) is 4.79 Å². The first-order valence-electron chi connectivity index (χ1n) is 5.90. The highest BCUT2D eigenvalue weighted by molar-refractivity contribution is 9.10. The van der Waals surface area contributed by atoms with Crippen LogP contribution in [0.2, 0.25) is 0 Å². The molecule has 0 atom stereocenters. The van der Waals surface area contributed by atoms with Gasteiger partial charge in [-0.15, -0.1) is 0 Å². The van der Waals surface area contributed by atoms with E-state index >= 15 is 0 Å². The standard InChI is InChI=1S/C13H16BrNO3/c1-17-12-5-4-10(6-11(12)14)15-13(16)8-18-7-9-2-3-9/h4-6,9H,2-3,7-8H2,1H3,(H,15,16). The largest absolute Gasteiger partial charge is 0.496 e. The molecule has 1 amide bonds. The van der Waals surface area contributed by atoms with Crippen molar-refractivity contribution in [3.05, 3.63) is 22.7 Å². The van der Waals surface area contributed by atoms with E-state index in [0.29, 0.717) is 12.5 Å². The van der Waals surface area contributed by atoms with Gasteiger partial charge < -0.3 is 14.8 Å². The molecule has 0 saturated heterocycles. The van der Waals surface area contributed by atoms with Crippen molar-refractivity contribution >= 4 is 27.5 Å². The summed E-state index contributed by atoms with van der Waals surface area (Å²) in [5.74, 6) is 1.28. The van der Waals surface area contributed by atoms with Crippen LogP contribution in [0, 0.1) is 5.92 Å². The summed E-state index contributed by atoms with van der Waals surface area (Å²) in [6, 6.07) is 5.39. The number of methoxy groups -OCH3 is 1. The number of rotatable bonds is 6. The highest BCUT2D eigenvalue weighted by atomic mass is 79.9. The quantitative estimate of drug-likeness (QED) is 0.878. The molecule has 0 aliphatic heterocycles. The van der Waals surface area contributed by atoms with Crippen LogP contribution in [-0.2, 0) is 9.53 Å². The van der Waals surface area contributed by atoms with Crippen LogP contribution in [0.3, 0.4) is 0 Å². The van der Waals surface area contributed by atoms with Crippen LogP contribution in [-0.4, -0.2) is 26.2 Å². The Balaban J connectivity index is 1.80. The molecule has 4 nitrogen and oxygen atoms in total. The lowest BCUT2D eigenvalue weighted by atomic mass is 10.3. The van der Waals surface area contributed by atoms with Crippen molar-refractivity contribution < 1.29 is 14.3 Å². The van der Waals surface area contributed by atoms with Crippen LogP contribution in [0.1, 0.15) is 12.8 Å². The average molecular weight is 314 g/mol. The molecular weight excluding hydrogens is 298 g/mol. The van der Waals surface area contributed by atoms with Gasteiger partial charge in [-0.05, 0) is 52.9 Å². The molecule has 1 fully saturated rings. The Labute approximate surface area is 115 Å². The Hall–Kier alpha value is -1.07. The Morgan fingerprint density at radius 1 is 1.50 bits per heavy atom. The SMILES string of the molecule is COc1ccc(NC(=O)COCC2CC2)cc1Br. The van der Waals surface area contributed by atoms with Gasteiger partial charge in [-0.1, -0.05) is 0 Å². The molecule has 1 aliphatic carbocycles. The number of carbonyl (C=O) groups is 1. The number of nitrogens with one attached hydrogen (secondary N) is 1. The molecule has 0 heterocycles. The lowest BCUT2D eigenvalue weighted by Crippen LogP contribution is -2.19. The second kappa shape index (κ2) is 6.20. The molecule has 0 radical (unpaired) electrons. The van der Waals surface area contributed by atoms with Gasteiger partial charge in [-0.25, -0.2) is 0 Å². The zero-order valence-corrected chi connectivity index (χ0v) is 11.8. The van der Waals surface area contributed by atoms with Crippen molar-refractivity contribution in [3.8, 4) is 5.75 Å². The van der Waals surface area contributed by atoms with E-state index < -0.39 is 0 Å². The summed E-state index contributed by atoms with van der Waals surface area (Å²) in [4.78, 5) is 11.6. The summed E-state index contributed by atoms with van der Waals surface area (Å²) in [5.41, 5.74) is 0.725. The number of amides is 1. The lowest BCUT2D eigenvalue weighted by molar-refractivity contribution is -0.120. The molecule has 1 saturated carbocycles. The normalized spacial score (nSPS) is 14.3. The second-order valence-electron chi connectivity index (χ2n) is 4.36. The first-order chi connectivity index (χ1) is 8.69. The number of halogens is 1. The summed E-state index contributed by atoms with van der Waals surface area (Å²) in [5, 5.41) is 2.78. The molecule has 0 spiro atoms. The molecule has 0 unspecified atom stereocenters. The highest BCUT2D eigenvalue weighted by Crippen LogP contribution is 2.29. The van der Waals surface area contributed by atoms with E-state index in [1.807, 2.05) is 0 Å². The van der Waals surface area contributed by atoms with Crippen LogP contribution < -0.4 is 10.1 Å². The van der Waals surface area contributed by atoms with E-state index in [1.54, 1.807) is 25.3 Å². The van der Waals surface area contributed by atoms with E-state index in [2.05, 4.69) is 21.2 Å². The Morgan fingerprint density at radius 3 is 2.89 bits per heavy atom. The fourth-order valence-electron chi connectivity index (χ4n) is 1.54. The van der Waals surface area contributed by atoms with Crippen molar-refractivity contribution in [1.29, 1.82) is 0 Å². The molecule has 98 valence electrons. The minimum atomic E-state index is -0.132. The second-order valence-corrected chi connectivity index (χ2v) is 5.21. The number of benzene rings is 1. The zero-order valence-electron chi connectivity index (χ0n) is 10.2. The molecule has 0 aromatic heterocycles. The van der Waals surface area contributed by atoms with Crippen molar-refractivity contribution in [2.24, 2.45) is 5.92 Å². The number of ether oxygens (including phenoxy) is 2. The van der Waals surface area contributed by atoms with Crippen LogP contribution in [0.4, 0.5) is 5.69 Å². The van der Waals surface area contributed by atoms with Gasteiger partial charge in [0.15, 0.2) is 0 Å². The number of carbonyl (C=O) groups excluding carboxylic acids is 1. The van der Waals surface area contributed by atoms with Crippen LogP contribution in [0.15, 0.2) is 22.7 Å². The maximum atomic E-state index is 11.6. The van der Waals surface area contributed by atoms with Crippen LogP contribution >= 0.6 is 15.9 Å². The lowest BCUT2D eigenvalue weighted by Gasteiger charge is -2.08. The Morgan fingerprint density at radius 2 is 2.28 bits per heavy atom. The maximum absolute atomic E-state index is 11.6. The summed E-state index contributed by atoms with van der Waals surface area (Å²) < 4.78 is 11.2. The van der Waals surface area contributed by atoms with Crippen molar-refractivity contribution in [2.75, 3.05) is 25.6 Å². The van der Waals surface area contributed by atoms with Gasteiger partial charge in [0.2, 0.25) is 5.91 Å². The minimum absolute atomic E-state index is 0.111. The third-order valence-electron chi connectivity index (χ3n) is 2.72. The van der Waals surface area contributed by atoms with E-state index in [-0.39, 0.29) is 12.5 Å². The maximum Gasteiger partial charge on any atom is 0.250 e. The molecule has 1 aromatic rings. The van der Waals surface area contributed by atoms with Gasteiger partial charge in [0.05, 0.1) is 18.2 Å². The van der Waals surface area contributed by atoms with Crippen LogP contribution in [0.5, 0.6) is 5.75 Å². The molecular formula is C13H16BrNO3. The summed E-state index contributed by atoms with van der Waals surface area (Å²) >= 11 is 3.37. The van der Waals surface area contributed by atoms with Crippen molar-refractivity contribution in [3.63, 3.8) is 0 Å². The predicted octanol–water partition coefficient (Wildman–Crippen LogP) is 2.82. The fraction of sp³-hybridized carbons (Fsp3) is 0.462. The third kappa shape index (κ3) is 3.99. The molecule has 1 aliphatic rings. The third-order valence-corrected chi connectivity index (χ3v) is 3.34. The zero-order chi connectivity index (χ0) is 13.0.